The maximum absolute atomic E-state index is 6.04. The minimum atomic E-state index is -0.102. The molecule has 6 heteroatoms. The van der Waals surface area contributed by atoms with Gasteiger partial charge in [-0.1, -0.05) is 12.1 Å². The van der Waals surface area contributed by atoms with Gasteiger partial charge in [0.25, 0.3) is 0 Å². The van der Waals surface area contributed by atoms with E-state index >= 15 is 0 Å². The SMILES string of the molecule is Cc1cc(Nc2cnccn2)cc(C2CCCN2Cc2ccc3c(c2)CC(C)(C)O3)n1. The number of hydrogen-bond donors (Lipinski definition) is 1. The number of benzene rings is 1. The molecule has 0 bridgehead atoms. The number of pyridine rings is 1. The van der Waals surface area contributed by atoms with Gasteiger partial charge in [0.2, 0.25) is 0 Å². The number of fused-ring (bicyclic) bond motifs is 1. The first-order valence-electron chi connectivity index (χ1n) is 11.0. The van der Waals surface area contributed by atoms with Gasteiger partial charge < -0.3 is 10.1 Å². The molecule has 2 aliphatic rings. The molecule has 0 amide bonds. The van der Waals surface area contributed by atoms with Crippen molar-refractivity contribution in [3.63, 3.8) is 0 Å². The van der Waals surface area contributed by atoms with Crippen LogP contribution in [0.2, 0.25) is 0 Å². The van der Waals surface area contributed by atoms with Crippen molar-refractivity contribution < 1.29 is 4.74 Å². The van der Waals surface area contributed by atoms with Gasteiger partial charge in [-0.05, 0) is 69.5 Å². The molecule has 1 unspecified atom stereocenters. The zero-order valence-corrected chi connectivity index (χ0v) is 18.4. The van der Waals surface area contributed by atoms with Crippen LogP contribution in [0.5, 0.6) is 5.75 Å². The fourth-order valence-corrected chi connectivity index (χ4v) is 4.79. The molecule has 3 aromatic rings. The van der Waals surface area contributed by atoms with E-state index in [4.69, 9.17) is 9.72 Å². The van der Waals surface area contributed by atoms with Crippen molar-refractivity contribution in [1.29, 1.82) is 0 Å². The Morgan fingerprint density at radius 1 is 1.19 bits per heavy atom. The molecule has 31 heavy (non-hydrogen) atoms. The van der Waals surface area contributed by atoms with Crippen molar-refractivity contribution in [2.75, 3.05) is 11.9 Å². The summed E-state index contributed by atoms with van der Waals surface area (Å²) in [5, 5.41) is 3.36. The third-order valence-corrected chi connectivity index (χ3v) is 6.03. The van der Waals surface area contributed by atoms with E-state index in [1.54, 1.807) is 18.6 Å². The number of anilines is 2. The number of likely N-dealkylation sites (tertiary alicyclic amines) is 1. The van der Waals surface area contributed by atoms with Gasteiger partial charge in [-0.25, -0.2) is 4.98 Å². The lowest BCUT2D eigenvalue weighted by Crippen LogP contribution is -2.24. The molecule has 4 heterocycles. The molecule has 2 aromatic heterocycles. The Balaban J connectivity index is 1.35. The van der Waals surface area contributed by atoms with Gasteiger partial charge in [0.15, 0.2) is 0 Å². The van der Waals surface area contributed by atoms with E-state index in [1.807, 2.05) is 6.92 Å². The minimum absolute atomic E-state index is 0.102. The summed E-state index contributed by atoms with van der Waals surface area (Å²) in [4.78, 5) is 15.9. The zero-order chi connectivity index (χ0) is 21.4. The molecular weight excluding hydrogens is 386 g/mol. The van der Waals surface area contributed by atoms with Gasteiger partial charge in [-0.15, -0.1) is 0 Å². The maximum Gasteiger partial charge on any atom is 0.148 e. The van der Waals surface area contributed by atoms with E-state index in [2.05, 4.69) is 64.4 Å². The number of hydrogen-bond acceptors (Lipinski definition) is 6. The molecule has 6 nitrogen and oxygen atoms in total. The molecule has 1 fully saturated rings. The number of nitrogens with one attached hydrogen (secondary N) is 1. The highest BCUT2D eigenvalue weighted by Crippen LogP contribution is 2.37. The number of rotatable bonds is 5. The minimum Gasteiger partial charge on any atom is -0.487 e. The van der Waals surface area contributed by atoms with Crippen LogP contribution in [-0.2, 0) is 13.0 Å². The lowest BCUT2D eigenvalue weighted by Gasteiger charge is -2.25. The fraction of sp³-hybridized carbons (Fsp3) is 0.400. The Morgan fingerprint density at radius 2 is 2.10 bits per heavy atom. The first-order chi connectivity index (χ1) is 14.9. The highest BCUT2D eigenvalue weighted by Gasteiger charge is 2.31. The molecule has 1 N–H and O–H groups in total. The van der Waals surface area contributed by atoms with Crippen LogP contribution in [0.4, 0.5) is 11.5 Å². The van der Waals surface area contributed by atoms with Crippen molar-refractivity contribution in [2.24, 2.45) is 0 Å². The normalized spacial score (nSPS) is 19.8. The summed E-state index contributed by atoms with van der Waals surface area (Å²) in [6.07, 6.45) is 8.39. The second kappa shape index (κ2) is 7.93. The van der Waals surface area contributed by atoms with Gasteiger partial charge in [0.05, 0.1) is 17.9 Å². The van der Waals surface area contributed by atoms with Crippen molar-refractivity contribution in [3.05, 3.63) is 71.4 Å². The molecule has 1 saturated heterocycles. The molecule has 1 atom stereocenters. The van der Waals surface area contributed by atoms with Crippen LogP contribution >= 0.6 is 0 Å². The fourth-order valence-electron chi connectivity index (χ4n) is 4.79. The van der Waals surface area contributed by atoms with Crippen molar-refractivity contribution in [1.82, 2.24) is 19.9 Å². The number of aromatic nitrogens is 3. The van der Waals surface area contributed by atoms with E-state index in [0.717, 1.165) is 54.6 Å². The highest BCUT2D eigenvalue weighted by atomic mass is 16.5. The van der Waals surface area contributed by atoms with E-state index in [0.29, 0.717) is 6.04 Å². The van der Waals surface area contributed by atoms with E-state index < -0.39 is 0 Å². The van der Waals surface area contributed by atoms with E-state index in [1.165, 1.54) is 17.5 Å². The van der Waals surface area contributed by atoms with Crippen LogP contribution in [0.3, 0.4) is 0 Å². The first-order valence-corrected chi connectivity index (χ1v) is 11.0. The summed E-state index contributed by atoms with van der Waals surface area (Å²) in [5.74, 6) is 1.78. The van der Waals surface area contributed by atoms with Crippen molar-refractivity contribution in [2.45, 2.75) is 58.2 Å². The summed E-state index contributed by atoms with van der Waals surface area (Å²) >= 11 is 0. The van der Waals surface area contributed by atoms with Gasteiger partial charge in [-0.2, -0.15) is 0 Å². The molecule has 5 rings (SSSR count). The standard InChI is InChI=1S/C25H29N5O/c1-17-11-20(29-24-15-26-8-9-27-24)13-21(28-17)22-5-4-10-30(22)16-18-6-7-23-19(12-18)14-25(2,3)31-23/h6-9,11-13,15,22H,4-5,10,14,16H2,1-3H3,(H,27,28,29). The van der Waals surface area contributed by atoms with E-state index in [9.17, 15) is 0 Å². The molecule has 0 saturated carbocycles. The van der Waals surface area contributed by atoms with Crippen LogP contribution in [-0.4, -0.2) is 32.0 Å². The van der Waals surface area contributed by atoms with Crippen molar-refractivity contribution >= 4 is 11.5 Å². The largest absolute Gasteiger partial charge is 0.487 e. The van der Waals surface area contributed by atoms with Crippen molar-refractivity contribution in [3.8, 4) is 5.75 Å². The first kappa shape index (κ1) is 19.9. The Bertz CT molecular complexity index is 1080. The highest BCUT2D eigenvalue weighted by molar-refractivity contribution is 5.56. The zero-order valence-electron chi connectivity index (χ0n) is 18.4. The predicted molar refractivity (Wildman–Crippen MR) is 122 cm³/mol. The third kappa shape index (κ3) is 4.39. The Kier molecular flexibility index (Phi) is 5.10. The second-order valence-electron chi connectivity index (χ2n) is 9.25. The Morgan fingerprint density at radius 3 is 2.94 bits per heavy atom. The van der Waals surface area contributed by atoms with Crippen LogP contribution in [0.25, 0.3) is 0 Å². The van der Waals surface area contributed by atoms with Gasteiger partial charge in [0.1, 0.15) is 17.2 Å². The summed E-state index contributed by atoms with van der Waals surface area (Å²) in [6.45, 7) is 8.37. The summed E-state index contributed by atoms with van der Waals surface area (Å²) in [7, 11) is 0. The summed E-state index contributed by atoms with van der Waals surface area (Å²) < 4.78 is 6.04. The second-order valence-corrected chi connectivity index (χ2v) is 9.25. The van der Waals surface area contributed by atoms with Crippen LogP contribution < -0.4 is 10.1 Å². The molecule has 0 spiro atoms. The third-order valence-electron chi connectivity index (χ3n) is 6.03. The van der Waals surface area contributed by atoms with Crippen LogP contribution in [0.1, 0.15) is 55.2 Å². The van der Waals surface area contributed by atoms with Gasteiger partial charge >= 0.3 is 0 Å². The number of aryl methyl sites for hydroxylation is 1. The quantitative estimate of drug-likeness (QED) is 0.634. The average molecular weight is 416 g/mol. The monoisotopic (exact) mass is 415 g/mol. The molecule has 2 aliphatic heterocycles. The van der Waals surface area contributed by atoms with Gasteiger partial charge in [-0.3, -0.25) is 14.9 Å². The number of nitrogens with zero attached hydrogens (tertiary/aromatic N) is 4. The lowest BCUT2D eigenvalue weighted by molar-refractivity contribution is 0.138. The van der Waals surface area contributed by atoms with Crippen LogP contribution in [0.15, 0.2) is 48.9 Å². The topological polar surface area (TPSA) is 63.2 Å². The molecule has 1 aromatic carbocycles. The van der Waals surface area contributed by atoms with E-state index in [-0.39, 0.29) is 5.60 Å². The molecule has 0 radical (unpaired) electrons. The smallest absolute Gasteiger partial charge is 0.148 e. The summed E-state index contributed by atoms with van der Waals surface area (Å²) in [5.41, 5.74) is 5.70. The average Bonchev–Trinajstić information content (AvgIpc) is 3.30. The molecule has 160 valence electrons. The molecule has 0 aliphatic carbocycles. The maximum atomic E-state index is 6.04. The Labute approximate surface area is 183 Å². The predicted octanol–water partition coefficient (Wildman–Crippen LogP) is 4.97. The Hall–Kier alpha value is -2.99. The van der Waals surface area contributed by atoms with Crippen LogP contribution in [0, 0.1) is 6.92 Å². The molecular formula is C25H29N5O. The van der Waals surface area contributed by atoms with Gasteiger partial charge in [0, 0.05) is 36.7 Å². The number of ether oxygens (including phenoxy) is 1. The lowest BCUT2D eigenvalue weighted by atomic mass is 10.00. The summed E-state index contributed by atoms with van der Waals surface area (Å²) in [6, 6.07) is 11.2.